The fraction of sp³-hybridized carbons (Fsp3) is 0.647. The van der Waals surface area contributed by atoms with Crippen LogP contribution in [0.3, 0.4) is 0 Å². The fourth-order valence-corrected chi connectivity index (χ4v) is 2.97. The third kappa shape index (κ3) is 5.75. The zero-order valence-electron chi connectivity index (χ0n) is 11.9. The van der Waals surface area contributed by atoms with Crippen molar-refractivity contribution in [2.24, 2.45) is 11.7 Å². The fourth-order valence-electron chi connectivity index (χ4n) is 2.97. The Morgan fingerprint density at radius 2 is 1.74 bits per heavy atom. The van der Waals surface area contributed by atoms with Crippen LogP contribution >= 0.6 is 0 Å². The smallest absolute Gasteiger partial charge is 0.105 e. The summed E-state index contributed by atoms with van der Waals surface area (Å²) in [6.45, 7) is 0.734. The molecule has 106 valence electrons. The molecule has 0 saturated heterocycles. The molecule has 1 aromatic rings. The van der Waals surface area contributed by atoms with Crippen LogP contribution in [0.15, 0.2) is 30.3 Å². The van der Waals surface area contributed by atoms with E-state index in [9.17, 15) is 0 Å². The molecule has 2 N–H and O–H groups in total. The predicted molar refractivity (Wildman–Crippen MR) is 79.9 cm³/mol. The van der Waals surface area contributed by atoms with Crippen LogP contribution in [0.25, 0.3) is 0 Å². The molecule has 2 heteroatoms. The second-order valence-corrected chi connectivity index (χ2v) is 5.74. The minimum atomic E-state index is -0.0770. The molecular formula is C17H27NO. The van der Waals surface area contributed by atoms with Crippen LogP contribution in [0.1, 0.15) is 50.5 Å². The summed E-state index contributed by atoms with van der Waals surface area (Å²) in [6, 6.07) is 10.5. The van der Waals surface area contributed by atoms with E-state index >= 15 is 0 Å². The van der Waals surface area contributed by atoms with E-state index in [-0.39, 0.29) is 6.23 Å². The lowest BCUT2D eigenvalue weighted by atomic mass is 9.96. The molecule has 19 heavy (non-hydrogen) atoms. The van der Waals surface area contributed by atoms with Crippen molar-refractivity contribution in [1.82, 2.24) is 0 Å². The lowest BCUT2D eigenvalue weighted by Gasteiger charge is -2.19. The van der Waals surface area contributed by atoms with Gasteiger partial charge in [-0.15, -0.1) is 0 Å². The molecule has 0 heterocycles. The van der Waals surface area contributed by atoms with Crippen molar-refractivity contribution in [3.05, 3.63) is 35.9 Å². The van der Waals surface area contributed by atoms with Crippen LogP contribution in [0, 0.1) is 5.92 Å². The van der Waals surface area contributed by atoms with E-state index in [1.165, 1.54) is 44.1 Å². The van der Waals surface area contributed by atoms with Gasteiger partial charge in [-0.3, -0.25) is 0 Å². The summed E-state index contributed by atoms with van der Waals surface area (Å²) in [6.07, 6.45) is 10.2. The monoisotopic (exact) mass is 261 g/mol. The van der Waals surface area contributed by atoms with Crippen molar-refractivity contribution in [3.63, 3.8) is 0 Å². The van der Waals surface area contributed by atoms with Crippen LogP contribution in [0.4, 0.5) is 0 Å². The van der Waals surface area contributed by atoms with Crippen molar-refractivity contribution < 1.29 is 4.74 Å². The van der Waals surface area contributed by atoms with Crippen molar-refractivity contribution in [2.45, 2.75) is 57.6 Å². The average molecular weight is 261 g/mol. The largest absolute Gasteiger partial charge is 0.363 e. The van der Waals surface area contributed by atoms with Gasteiger partial charge in [-0.2, -0.15) is 0 Å². The van der Waals surface area contributed by atoms with E-state index in [1.807, 2.05) is 6.07 Å². The van der Waals surface area contributed by atoms with Crippen LogP contribution in [0.5, 0.6) is 0 Å². The Bertz CT molecular complexity index is 330. The van der Waals surface area contributed by atoms with Crippen LogP contribution in [-0.2, 0) is 11.2 Å². The first kappa shape index (κ1) is 14.5. The molecule has 0 radical (unpaired) electrons. The van der Waals surface area contributed by atoms with Gasteiger partial charge in [0.2, 0.25) is 0 Å². The lowest BCUT2D eigenvalue weighted by molar-refractivity contribution is 0.0406. The molecular weight excluding hydrogens is 234 g/mol. The molecule has 2 nitrogen and oxygen atoms in total. The van der Waals surface area contributed by atoms with Crippen molar-refractivity contribution in [1.29, 1.82) is 0 Å². The molecule has 1 aliphatic carbocycles. The Balaban J connectivity index is 1.62. The van der Waals surface area contributed by atoms with Crippen LogP contribution in [0.2, 0.25) is 0 Å². The number of benzene rings is 1. The van der Waals surface area contributed by atoms with Gasteiger partial charge in [0.05, 0.1) is 6.61 Å². The normalized spacial score (nSPS) is 19.0. The van der Waals surface area contributed by atoms with Gasteiger partial charge in [-0.05, 0) is 24.3 Å². The first-order chi connectivity index (χ1) is 9.34. The van der Waals surface area contributed by atoms with Crippen LogP contribution in [-0.4, -0.2) is 12.8 Å². The van der Waals surface area contributed by atoms with Gasteiger partial charge in [0.25, 0.3) is 0 Å². The Kier molecular flexibility index (Phi) is 6.38. The summed E-state index contributed by atoms with van der Waals surface area (Å²) >= 11 is 0. The maximum Gasteiger partial charge on any atom is 0.105 e. The Morgan fingerprint density at radius 1 is 1.05 bits per heavy atom. The lowest BCUT2D eigenvalue weighted by Crippen LogP contribution is -2.27. The average Bonchev–Trinajstić information content (AvgIpc) is 2.68. The summed E-state index contributed by atoms with van der Waals surface area (Å²) in [4.78, 5) is 0. The second kappa shape index (κ2) is 8.34. The van der Waals surface area contributed by atoms with Gasteiger partial charge in [-0.25, -0.2) is 0 Å². The van der Waals surface area contributed by atoms with Crippen molar-refractivity contribution in [2.75, 3.05) is 6.61 Å². The highest BCUT2D eigenvalue weighted by molar-refractivity contribution is 5.14. The first-order valence-corrected chi connectivity index (χ1v) is 7.75. The van der Waals surface area contributed by atoms with Gasteiger partial charge in [0.1, 0.15) is 6.23 Å². The quantitative estimate of drug-likeness (QED) is 0.623. The van der Waals surface area contributed by atoms with Crippen LogP contribution < -0.4 is 5.73 Å². The van der Waals surface area contributed by atoms with E-state index in [0.29, 0.717) is 0 Å². The van der Waals surface area contributed by atoms with Gasteiger partial charge in [0.15, 0.2) is 0 Å². The van der Waals surface area contributed by atoms with Gasteiger partial charge in [0, 0.05) is 0 Å². The Morgan fingerprint density at radius 3 is 2.42 bits per heavy atom. The number of ether oxygens (including phenoxy) is 1. The van der Waals surface area contributed by atoms with E-state index in [1.54, 1.807) is 0 Å². The van der Waals surface area contributed by atoms with E-state index < -0.39 is 0 Å². The molecule has 0 bridgehead atoms. The summed E-state index contributed by atoms with van der Waals surface area (Å²) < 4.78 is 5.77. The standard InChI is InChI=1S/C17H27NO/c18-17(14-16-10-4-1-2-5-11-16)19-13-12-15-8-6-3-7-9-15/h3,6-9,16-17H,1-2,4-5,10-14,18H2. The third-order valence-electron chi connectivity index (χ3n) is 4.11. The molecule has 1 unspecified atom stereocenters. The summed E-state index contributed by atoms with van der Waals surface area (Å²) in [5.74, 6) is 0.786. The maximum absolute atomic E-state index is 6.10. The van der Waals surface area contributed by atoms with Gasteiger partial charge >= 0.3 is 0 Å². The molecule has 1 aromatic carbocycles. The number of hydrogen-bond acceptors (Lipinski definition) is 2. The molecule has 1 atom stereocenters. The third-order valence-corrected chi connectivity index (χ3v) is 4.11. The number of hydrogen-bond donors (Lipinski definition) is 1. The summed E-state index contributed by atoms with van der Waals surface area (Å²) in [5.41, 5.74) is 7.42. The highest BCUT2D eigenvalue weighted by Gasteiger charge is 2.15. The highest BCUT2D eigenvalue weighted by Crippen LogP contribution is 2.26. The molecule has 1 saturated carbocycles. The topological polar surface area (TPSA) is 35.2 Å². The molecule has 1 fully saturated rings. The maximum atomic E-state index is 6.10. The van der Waals surface area contributed by atoms with E-state index in [0.717, 1.165) is 25.4 Å². The molecule has 0 amide bonds. The zero-order valence-corrected chi connectivity index (χ0v) is 11.9. The highest BCUT2D eigenvalue weighted by atomic mass is 16.5. The van der Waals surface area contributed by atoms with E-state index in [2.05, 4.69) is 24.3 Å². The molecule has 0 aromatic heterocycles. The minimum absolute atomic E-state index is 0.0770. The summed E-state index contributed by atoms with van der Waals surface area (Å²) in [5, 5.41) is 0. The SMILES string of the molecule is NC(CC1CCCCCC1)OCCc1ccccc1. The van der Waals surface area contributed by atoms with Crippen molar-refractivity contribution >= 4 is 0 Å². The Hall–Kier alpha value is -0.860. The zero-order chi connectivity index (χ0) is 13.3. The molecule has 0 aliphatic heterocycles. The minimum Gasteiger partial charge on any atom is -0.363 e. The van der Waals surface area contributed by atoms with Gasteiger partial charge < -0.3 is 10.5 Å². The van der Waals surface area contributed by atoms with E-state index in [4.69, 9.17) is 10.5 Å². The predicted octanol–water partition coefficient (Wildman–Crippen LogP) is 3.89. The first-order valence-electron chi connectivity index (χ1n) is 7.75. The summed E-state index contributed by atoms with van der Waals surface area (Å²) in [7, 11) is 0. The van der Waals surface area contributed by atoms with Crippen molar-refractivity contribution in [3.8, 4) is 0 Å². The van der Waals surface area contributed by atoms with Gasteiger partial charge in [-0.1, -0.05) is 68.9 Å². The second-order valence-electron chi connectivity index (χ2n) is 5.74. The molecule has 1 aliphatic rings. The number of nitrogens with two attached hydrogens (primary N) is 1. The molecule has 0 spiro atoms. The molecule has 2 rings (SSSR count). The Labute approximate surface area is 117 Å². The number of rotatable bonds is 6.